The summed E-state index contributed by atoms with van der Waals surface area (Å²) in [7, 11) is 0. The molecule has 1 aromatic rings. The zero-order valence-corrected chi connectivity index (χ0v) is 13.9. The Labute approximate surface area is 136 Å². The Hall–Kier alpha value is -1.35. The van der Waals surface area contributed by atoms with E-state index in [0.29, 0.717) is 16.5 Å². The molecule has 1 N–H and O–H groups in total. The van der Waals surface area contributed by atoms with Crippen LogP contribution in [0.4, 0.5) is 0 Å². The lowest BCUT2D eigenvalue weighted by atomic mass is 9.77. The van der Waals surface area contributed by atoms with Crippen molar-refractivity contribution in [1.29, 1.82) is 0 Å². The van der Waals surface area contributed by atoms with E-state index in [1.54, 1.807) is 6.07 Å². The van der Waals surface area contributed by atoms with E-state index in [1.165, 1.54) is 0 Å². The maximum Gasteiger partial charge on any atom is 0.303 e. The van der Waals surface area contributed by atoms with Crippen molar-refractivity contribution in [2.24, 2.45) is 11.8 Å². The highest BCUT2D eigenvalue weighted by Gasteiger charge is 2.25. The van der Waals surface area contributed by atoms with Crippen molar-refractivity contribution in [3.05, 3.63) is 34.3 Å². The molecule has 1 saturated carbocycles. The van der Waals surface area contributed by atoms with E-state index in [1.807, 2.05) is 26.0 Å². The zero-order chi connectivity index (χ0) is 16.3. The SMILES string of the molecule is CC(C)C(=O)c1ccc([C@H]2CC[C@H](CC(=O)O)CC2)c(Cl)c1. The second-order valence-corrected chi connectivity index (χ2v) is 6.98. The van der Waals surface area contributed by atoms with Crippen LogP contribution >= 0.6 is 11.6 Å². The van der Waals surface area contributed by atoms with Crippen LogP contribution in [0.2, 0.25) is 5.02 Å². The number of carboxylic acids is 1. The average Bonchev–Trinajstić information content (AvgIpc) is 2.46. The van der Waals surface area contributed by atoms with Crippen LogP contribution in [0.15, 0.2) is 18.2 Å². The fraction of sp³-hybridized carbons (Fsp3) is 0.556. The van der Waals surface area contributed by atoms with Gasteiger partial charge in [-0.3, -0.25) is 9.59 Å². The normalized spacial score (nSPS) is 21.8. The number of Topliss-reactive ketones (excluding diaryl/α,β-unsaturated/α-hetero) is 1. The Balaban J connectivity index is 2.05. The second-order valence-electron chi connectivity index (χ2n) is 6.57. The van der Waals surface area contributed by atoms with Gasteiger partial charge in [-0.2, -0.15) is 0 Å². The van der Waals surface area contributed by atoms with Crippen molar-refractivity contribution in [3.63, 3.8) is 0 Å². The number of carbonyl (C=O) groups is 2. The van der Waals surface area contributed by atoms with Gasteiger partial charge in [0, 0.05) is 22.9 Å². The summed E-state index contributed by atoms with van der Waals surface area (Å²) in [5.41, 5.74) is 1.76. The standard InChI is InChI=1S/C18H23ClO3/c1-11(2)18(22)14-7-8-15(16(19)10-14)13-5-3-12(4-6-13)9-17(20)21/h7-8,10-13H,3-6,9H2,1-2H3,(H,20,21)/t12-,13-. The van der Waals surface area contributed by atoms with Gasteiger partial charge in [0.05, 0.1) is 0 Å². The van der Waals surface area contributed by atoms with Crippen molar-refractivity contribution >= 4 is 23.4 Å². The Morgan fingerprint density at radius 2 is 1.86 bits per heavy atom. The molecular formula is C18H23ClO3. The van der Waals surface area contributed by atoms with Gasteiger partial charge in [-0.15, -0.1) is 0 Å². The molecule has 22 heavy (non-hydrogen) atoms. The number of aliphatic carboxylic acids is 1. The molecule has 0 spiro atoms. The summed E-state index contributed by atoms with van der Waals surface area (Å²) in [6.07, 6.45) is 4.06. The maximum absolute atomic E-state index is 12.0. The molecule has 0 aromatic heterocycles. The summed E-state index contributed by atoms with van der Waals surface area (Å²) in [4.78, 5) is 22.8. The molecule has 1 aliphatic carbocycles. The highest BCUT2D eigenvalue weighted by molar-refractivity contribution is 6.31. The van der Waals surface area contributed by atoms with Crippen LogP contribution in [0.3, 0.4) is 0 Å². The van der Waals surface area contributed by atoms with Gasteiger partial charge < -0.3 is 5.11 Å². The number of carboxylic acid groups (broad SMARTS) is 1. The average molecular weight is 323 g/mol. The topological polar surface area (TPSA) is 54.4 Å². The fourth-order valence-electron chi connectivity index (χ4n) is 3.27. The molecule has 120 valence electrons. The highest BCUT2D eigenvalue weighted by Crippen LogP contribution is 2.39. The fourth-order valence-corrected chi connectivity index (χ4v) is 3.60. The number of halogens is 1. The summed E-state index contributed by atoms with van der Waals surface area (Å²) in [5, 5.41) is 9.53. The van der Waals surface area contributed by atoms with Gasteiger partial charge in [0.25, 0.3) is 0 Å². The maximum atomic E-state index is 12.0. The molecule has 0 radical (unpaired) electrons. The molecule has 0 unspecified atom stereocenters. The van der Waals surface area contributed by atoms with Crippen LogP contribution in [-0.2, 0) is 4.79 Å². The summed E-state index contributed by atoms with van der Waals surface area (Å²) < 4.78 is 0. The number of carbonyl (C=O) groups excluding carboxylic acids is 1. The van der Waals surface area contributed by atoms with E-state index in [4.69, 9.17) is 16.7 Å². The minimum atomic E-state index is -0.710. The summed E-state index contributed by atoms with van der Waals surface area (Å²) in [6, 6.07) is 5.62. The number of hydrogen-bond donors (Lipinski definition) is 1. The molecule has 0 atom stereocenters. The van der Waals surface area contributed by atoms with Crippen LogP contribution in [0.25, 0.3) is 0 Å². The largest absolute Gasteiger partial charge is 0.481 e. The zero-order valence-electron chi connectivity index (χ0n) is 13.1. The summed E-state index contributed by atoms with van der Waals surface area (Å²) in [6.45, 7) is 3.77. The molecule has 1 aromatic carbocycles. The monoisotopic (exact) mass is 322 g/mol. The van der Waals surface area contributed by atoms with Crippen molar-refractivity contribution < 1.29 is 14.7 Å². The van der Waals surface area contributed by atoms with Gasteiger partial charge in [-0.05, 0) is 49.1 Å². The number of ketones is 1. The first-order chi connectivity index (χ1) is 10.4. The Morgan fingerprint density at radius 3 is 2.36 bits per heavy atom. The van der Waals surface area contributed by atoms with Gasteiger partial charge in [-0.25, -0.2) is 0 Å². The molecule has 0 saturated heterocycles. The first-order valence-corrected chi connectivity index (χ1v) is 8.31. The van der Waals surface area contributed by atoms with Gasteiger partial charge in [0.2, 0.25) is 0 Å². The van der Waals surface area contributed by atoms with Crippen molar-refractivity contribution in [2.45, 2.75) is 51.9 Å². The third-order valence-electron chi connectivity index (χ3n) is 4.56. The van der Waals surface area contributed by atoms with E-state index in [9.17, 15) is 9.59 Å². The number of rotatable bonds is 5. The molecule has 0 amide bonds. The van der Waals surface area contributed by atoms with E-state index >= 15 is 0 Å². The Morgan fingerprint density at radius 1 is 1.23 bits per heavy atom. The highest BCUT2D eigenvalue weighted by atomic mass is 35.5. The first-order valence-electron chi connectivity index (χ1n) is 7.94. The number of benzene rings is 1. The Kier molecular flexibility index (Phi) is 5.63. The quantitative estimate of drug-likeness (QED) is 0.782. The second kappa shape index (κ2) is 7.28. The van der Waals surface area contributed by atoms with Gasteiger partial charge in [-0.1, -0.05) is 37.6 Å². The van der Waals surface area contributed by atoms with Gasteiger partial charge in [0.15, 0.2) is 5.78 Å². The molecule has 3 nitrogen and oxygen atoms in total. The lowest BCUT2D eigenvalue weighted by Crippen LogP contribution is -2.16. The van der Waals surface area contributed by atoms with Crippen LogP contribution in [-0.4, -0.2) is 16.9 Å². The molecule has 0 aliphatic heterocycles. The van der Waals surface area contributed by atoms with Crippen molar-refractivity contribution in [1.82, 2.24) is 0 Å². The van der Waals surface area contributed by atoms with Crippen LogP contribution in [0.5, 0.6) is 0 Å². The molecule has 2 rings (SSSR count). The third kappa shape index (κ3) is 4.10. The Bertz CT molecular complexity index is 557. The molecule has 1 fully saturated rings. The molecule has 1 aliphatic rings. The first kappa shape index (κ1) is 17.0. The van der Waals surface area contributed by atoms with Crippen LogP contribution < -0.4 is 0 Å². The minimum absolute atomic E-state index is 0.0339. The van der Waals surface area contributed by atoms with Gasteiger partial charge in [0.1, 0.15) is 0 Å². The molecule has 0 bridgehead atoms. The van der Waals surface area contributed by atoms with Crippen molar-refractivity contribution in [3.8, 4) is 0 Å². The predicted octanol–water partition coefficient (Wildman–Crippen LogP) is 4.93. The van der Waals surface area contributed by atoms with Gasteiger partial charge >= 0.3 is 5.97 Å². The van der Waals surface area contributed by atoms with Crippen molar-refractivity contribution in [2.75, 3.05) is 0 Å². The predicted molar refractivity (Wildman–Crippen MR) is 87.6 cm³/mol. The van der Waals surface area contributed by atoms with Crippen LogP contribution in [0, 0.1) is 11.8 Å². The third-order valence-corrected chi connectivity index (χ3v) is 4.89. The van der Waals surface area contributed by atoms with Crippen LogP contribution in [0.1, 0.15) is 67.8 Å². The lowest BCUT2D eigenvalue weighted by molar-refractivity contribution is -0.138. The smallest absolute Gasteiger partial charge is 0.303 e. The van der Waals surface area contributed by atoms with E-state index in [-0.39, 0.29) is 24.0 Å². The number of hydrogen-bond acceptors (Lipinski definition) is 2. The minimum Gasteiger partial charge on any atom is -0.481 e. The lowest BCUT2D eigenvalue weighted by Gasteiger charge is -2.28. The summed E-state index contributed by atoms with van der Waals surface area (Å²) >= 11 is 6.39. The molecular weight excluding hydrogens is 300 g/mol. The van der Waals surface area contributed by atoms with E-state index < -0.39 is 5.97 Å². The van der Waals surface area contributed by atoms with E-state index in [0.717, 1.165) is 31.2 Å². The van der Waals surface area contributed by atoms with E-state index in [2.05, 4.69) is 0 Å². The molecule has 0 heterocycles. The molecule has 4 heteroatoms. The summed E-state index contributed by atoms with van der Waals surface area (Å²) in [5.74, 6) is 0.0279.